The van der Waals surface area contributed by atoms with Crippen molar-refractivity contribution in [1.29, 1.82) is 0 Å². The second kappa shape index (κ2) is 6.01. The van der Waals surface area contributed by atoms with Gasteiger partial charge in [0.25, 0.3) is 10.0 Å². The fourth-order valence-electron chi connectivity index (χ4n) is 1.88. The fraction of sp³-hybridized carbons (Fsp3) is 0.143. The molecule has 2 aromatic rings. The van der Waals surface area contributed by atoms with Gasteiger partial charge >= 0.3 is 0 Å². The van der Waals surface area contributed by atoms with Crippen molar-refractivity contribution < 1.29 is 12.8 Å². The van der Waals surface area contributed by atoms with Crippen molar-refractivity contribution in [3.63, 3.8) is 0 Å². The van der Waals surface area contributed by atoms with E-state index >= 15 is 0 Å². The maximum atomic E-state index is 13.3. The molecule has 2 rings (SSSR count). The highest BCUT2D eigenvalue weighted by Gasteiger charge is 2.16. The largest absolute Gasteiger partial charge is 0.326 e. The number of nitrogens with one attached hydrogen (secondary N) is 1. The first-order valence-electron chi connectivity index (χ1n) is 6.10. The second-order valence-electron chi connectivity index (χ2n) is 4.58. The Morgan fingerprint density at radius 2 is 1.95 bits per heavy atom. The van der Waals surface area contributed by atoms with Crippen LogP contribution in [0.2, 0.25) is 5.02 Å². The Bertz CT molecular complexity index is 758. The van der Waals surface area contributed by atoms with E-state index in [4.69, 9.17) is 17.3 Å². The standard InChI is InChI=1S/C14H14ClFN2O2S/c1-9-4-11(16)7-12(5-9)18-21(19,20)13-2-3-14(15)10(6-13)8-17/h2-7,18H,8,17H2,1H3. The van der Waals surface area contributed by atoms with Crippen LogP contribution < -0.4 is 10.5 Å². The molecule has 0 fully saturated rings. The highest BCUT2D eigenvalue weighted by Crippen LogP contribution is 2.23. The number of nitrogens with two attached hydrogens (primary N) is 1. The highest BCUT2D eigenvalue weighted by molar-refractivity contribution is 7.92. The molecule has 0 heterocycles. The summed E-state index contributed by atoms with van der Waals surface area (Å²) < 4.78 is 40.2. The molecule has 0 spiro atoms. The predicted molar refractivity (Wildman–Crippen MR) is 81.3 cm³/mol. The molecule has 21 heavy (non-hydrogen) atoms. The lowest BCUT2D eigenvalue weighted by atomic mass is 10.2. The van der Waals surface area contributed by atoms with Crippen LogP contribution in [0.1, 0.15) is 11.1 Å². The number of rotatable bonds is 4. The quantitative estimate of drug-likeness (QED) is 0.906. The number of anilines is 1. The summed E-state index contributed by atoms with van der Waals surface area (Å²) in [6.07, 6.45) is 0. The molecular weight excluding hydrogens is 315 g/mol. The first kappa shape index (κ1) is 15.8. The molecular formula is C14H14ClFN2O2S. The Kier molecular flexibility index (Phi) is 4.51. The Labute approximate surface area is 127 Å². The molecule has 0 aliphatic carbocycles. The van der Waals surface area contributed by atoms with Crippen molar-refractivity contribution in [3.05, 3.63) is 58.4 Å². The lowest BCUT2D eigenvalue weighted by Crippen LogP contribution is -2.14. The van der Waals surface area contributed by atoms with E-state index in [-0.39, 0.29) is 17.1 Å². The first-order chi connectivity index (χ1) is 9.81. The second-order valence-corrected chi connectivity index (χ2v) is 6.67. The topological polar surface area (TPSA) is 72.2 Å². The zero-order chi connectivity index (χ0) is 15.6. The molecule has 0 bridgehead atoms. The normalized spacial score (nSPS) is 11.4. The van der Waals surface area contributed by atoms with Gasteiger partial charge in [-0.3, -0.25) is 4.72 Å². The average molecular weight is 329 g/mol. The van der Waals surface area contributed by atoms with E-state index in [1.807, 2.05) is 0 Å². The maximum absolute atomic E-state index is 13.3. The molecule has 0 radical (unpaired) electrons. The van der Waals surface area contributed by atoms with Crippen molar-refractivity contribution >= 4 is 27.3 Å². The molecule has 3 N–H and O–H groups in total. The lowest BCUT2D eigenvalue weighted by molar-refractivity contribution is 0.601. The Morgan fingerprint density at radius 1 is 1.24 bits per heavy atom. The van der Waals surface area contributed by atoms with Gasteiger partial charge in [-0.25, -0.2) is 12.8 Å². The molecule has 2 aromatic carbocycles. The number of hydrogen-bond donors (Lipinski definition) is 2. The van der Waals surface area contributed by atoms with E-state index in [1.54, 1.807) is 13.0 Å². The van der Waals surface area contributed by atoms with Gasteiger partial charge in [0.05, 0.1) is 10.6 Å². The van der Waals surface area contributed by atoms with Gasteiger partial charge in [0.15, 0.2) is 0 Å². The van der Waals surface area contributed by atoms with Crippen molar-refractivity contribution in [1.82, 2.24) is 0 Å². The maximum Gasteiger partial charge on any atom is 0.261 e. The molecule has 4 nitrogen and oxygen atoms in total. The van der Waals surface area contributed by atoms with Crippen LogP contribution >= 0.6 is 11.6 Å². The van der Waals surface area contributed by atoms with Gasteiger partial charge in [-0.05, 0) is 54.4 Å². The Balaban J connectivity index is 2.38. The third-order valence-electron chi connectivity index (χ3n) is 2.84. The van der Waals surface area contributed by atoms with Crippen LogP contribution in [0.3, 0.4) is 0 Å². The Hall–Kier alpha value is -1.63. The van der Waals surface area contributed by atoms with E-state index in [1.165, 1.54) is 24.3 Å². The van der Waals surface area contributed by atoms with Crippen LogP contribution in [0.25, 0.3) is 0 Å². The summed E-state index contributed by atoms with van der Waals surface area (Å²) in [5, 5.41) is 0.401. The van der Waals surface area contributed by atoms with Gasteiger partial charge in [-0.2, -0.15) is 0 Å². The molecule has 0 atom stereocenters. The summed E-state index contributed by atoms with van der Waals surface area (Å²) >= 11 is 5.90. The summed E-state index contributed by atoms with van der Waals surface area (Å²) in [5.74, 6) is -0.508. The van der Waals surface area contributed by atoms with Crippen LogP contribution in [0.5, 0.6) is 0 Å². The first-order valence-corrected chi connectivity index (χ1v) is 7.96. The van der Waals surface area contributed by atoms with E-state index in [0.717, 1.165) is 6.07 Å². The number of hydrogen-bond acceptors (Lipinski definition) is 3. The molecule has 0 aliphatic rings. The highest BCUT2D eigenvalue weighted by atomic mass is 35.5. The predicted octanol–water partition coefficient (Wildman–Crippen LogP) is 3.05. The van der Waals surface area contributed by atoms with E-state index in [0.29, 0.717) is 16.1 Å². The Morgan fingerprint density at radius 3 is 2.57 bits per heavy atom. The third kappa shape index (κ3) is 3.72. The monoisotopic (exact) mass is 328 g/mol. The van der Waals surface area contributed by atoms with Crippen LogP contribution in [0.4, 0.5) is 10.1 Å². The van der Waals surface area contributed by atoms with E-state index < -0.39 is 15.8 Å². The third-order valence-corrected chi connectivity index (χ3v) is 4.59. The number of aryl methyl sites for hydroxylation is 1. The summed E-state index contributed by atoms with van der Waals surface area (Å²) in [6.45, 7) is 1.80. The van der Waals surface area contributed by atoms with Crippen LogP contribution in [0.15, 0.2) is 41.3 Å². The van der Waals surface area contributed by atoms with E-state index in [9.17, 15) is 12.8 Å². The summed E-state index contributed by atoms with van der Waals surface area (Å²) in [5.41, 5.74) is 6.81. The number of halogens is 2. The van der Waals surface area contributed by atoms with E-state index in [2.05, 4.69) is 4.72 Å². The molecule has 0 unspecified atom stereocenters. The molecule has 0 amide bonds. The molecule has 0 saturated carbocycles. The summed E-state index contributed by atoms with van der Waals surface area (Å²) in [6, 6.07) is 8.21. The molecule has 112 valence electrons. The van der Waals surface area contributed by atoms with Crippen LogP contribution in [0, 0.1) is 12.7 Å². The minimum absolute atomic E-state index is 0.0225. The van der Waals surface area contributed by atoms with Gasteiger partial charge in [0.2, 0.25) is 0 Å². The van der Waals surface area contributed by atoms with Gasteiger partial charge in [0.1, 0.15) is 5.82 Å². The zero-order valence-corrected chi connectivity index (χ0v) is 12.8. The van der Waals surface area contributed by atoms with Gasteiger partial charge in [-0.1, -0.05) is 11.6 Å². The minimum Gasteiger partial charge on any atom is -0.326 e. The van der Waals surface area contributed by atoms with Crippen LogP contribution in [-0.2, 0) is 16.6 Å². The molecule has 7 heteroatoms. The van der Waals surface area contributed by atoms with Crippen molar-refractivity contribution in [2.24, 2.45) is 5.73 Å². The molecule has 0 aliphatic heterocycles. The smallest absolute Gasteiger partial charge is 0.261 e. The average Bonchev–Trinajstić information content (AvgIpc) is 2.37. The lowest BCUT2D eigenvalue weighted by Gasteiger charge is -2.10. The van der Waals surface area contributed by atoms with Gasteiger partial charge < -0.3 is 5.73 Å². The summed E-state index contributed by atoms with van der Waals surface area (Å²) in [4.78, 5) is 0.0225. The van der Waals surface area contributed by atoms with Crippen LogP contribution in [-0.4, -0.2) is 8.42 Å². The van der Waals surface area contributed by atoms with Gasteiger partial charge in [0, 0.05) is 11.6 Å². The van der Waals surface area contributed by atoms with Crippen molar-refractivity contribution in [2.75, 3.05) is 4.72 Å². The van der Waals surface area contributed by atoms with Gasteiger partial charge in [-0.15, -0.1) is 0 Å². The van der Waals surface area contributed by atoms with Crippen molar-refractivity contribution in [3.8, 4) is 0 Å². The summed E-state index contributed by atoms with van der Waals surface area (Å²) in [7, 11) is -3.83. The number of benzene rings is 2. The SMILES string of the molecule is Cc1cc(F)cc(NS(=O)(=O)c2ccc(Cl)c(CN)c2)c1. The fourth-order valence-corrected chi connectivity index (χ4v) is 3.17. The van der Waals surface area contributed by atoms with Crippen molar-refractivity contribution in [2.45, 2.75) is 18.4 Å². The molecule has 0 aromatic heterocycles. The number of sulfonamides is 1. The minimum atomic E-state index is -3.83. The molecule has 0 saturated heterocycles. The zero-order valence-electron chi connectivity index (χ0n) is 11.2.